The van der Waals surface area contributed by atoms with Gasteiger partial charge in [0.05, 0.1) is 12.2 Å². The number of hydrogen-bond donors (Lipinski definition) is 1. The molecule has 2 fully saturated rings. The molecule has 1 heterocycles. The van der Waals surface area contributed by atoms with Gasteiger partial charge in [0.2, 0.25) is 5.91 Å². The minimum atomic E-state index is 0.00347. The van der Waals surface area contributed by atoms with Crippen molar-refractivity contribution in [3.63, 3.8) is 0 Å². The van der Waals surface area contributed by atoms with Crippen molar-refractivity contribution in [2.75, 3.05) is 0 Å². The molecule has 3 heteroatoms. The van der Waals surface area contributed by atoms with E-state index in [9.17, 15) is 4.79 Å². The molecule has 0 aromatic carbocycles. The summed E-state index contributed by atoms with van der Waals surface area (Å²) in [4.78, 5) is 14.9. The van der Waals surface area contributed by atoms with Gasteiger partial charge in [-0.15, -0.1) is 0 Å². The Morgan fingerprint density at radius 1 is 1.21 bits per heavy atom. The van der Waals surface area contributed by atoms with Crippen LogP contribution >= 0.6 is 0 Å². The summed E-state index contributed by atoms with van der Waals surface area (Å²) in [5.41, 5.74) is 0.449. The smallest absolute Gasteiger partial charge is 0.241 e. The Bertz CT molecular complexity index is 359. The summed E-state index contributed by atoms with van der Waals surface area (Å²) in [7, 11) is 0. The molecule has 19 heavy (non-hydrogen) atoms. The van der Waals surface area contributed by atoms with Crippen molar-refractivity contribution in [1.29, 1.82) is 0 Å². The Kier molecular flexibility index (Phi) is 3.49. The molecule has 1 aliphatic heterocycles. The van der Waals surface area contributed by atoms with Crippen LogP contribution in [0.15, 0.2) is 0 Å². The summed E-state index contributed by atoms with van der Waals surface area (Å²) in [5, 5.41) is 3.56. The van der Waals surface area contributed by atoms with Crippen LogP contribution in [-0.2, 0) is 4.79 Å². The van der Waals surface area contributed by atoms with E-state index in [0.717, 1.165) is 12.8 Å². The highest BCUT2D eigenvalue weighted by Gasteiger charge is 2.70. The van der Waals surface area contributed by atoms with Crippen molar-refractivity contribution in [3.05, 3.63) is 0 Å². The van der Waals surface area contributed by atoms with E-state index in [-0.39, 0.29) is 23.0 Å². The predicted octanol–water partition coefficient (Wildman–Crippen LogP) is 3.00. The molecule has 110 valence electrons. The van der Waals surface area contributed by atoms with Crippen LogP contribution in [-0.4, -0.2) is 29.1 Å². The van der Waals surface area contributed by atoms with E-state index in [2.05, 4.69) is 58.7 Å². The van der Waals surface area contributed by atoms with E-state index in [1.54, 1.807) is 0 Å². The van der Waals surface area contributed by atoms with Gasteiger partial charge in [-0.05, 0) is 23.2 Å². The Morgan fingerprint density at radius 3 is 2.11 bits per heavy atom. The number of nitrogens with zero attached hydrogens (tertiary/aromatic N) is 1. The van der Waals surface area contributed by atoms with Crippen molar-refractivity contribution < 1.29 is 4.79 Å². The highest BCUT2D eigenvalue weighted by Crippen LogP contribution is 2.66. The predicted molar refractivity (Wildman–Crippen MR) is 78.7 cm³/mol. The third-order valence-electron chi connectivity index (χ3n) is 5.68. The number of amides is 1. The Balaban J connectivity index is 2.25. The Hall–Kier alpha value is -0.570. The van der Waals surface area contributed by atoms with Crippen LogP contribution in [0.1, 0.15) is 61.3 Å². The summed E-state index contributed by atoms with van der Waals surface area (Å²) >= 11 is 0. The average Bonchev–Trinajstić information content (AvgIpc) is 2.54. The maximum absolute atomic E-state index is 12.8. The van der Waals surface area contributed by atoms with Gasteiger partial charge in [0.1, 0.15) is 0 Å². The van der Waals surface area contributed by atoms with Crippen molar-refractivity contribution in [3.8, 4) is 0 Å². The SMILES string of the molecule is CCCC1NC(C(C)C)C(=O)N1C1C(C)(C)C1(C)C. The van der Waals surface area contributed by atoms with Crippen molar-refractivity contribution in [2.45, 2.75) is 79.6 Å². The standard InChI is InChI=1S/C16H30N2O/c1-8-9-11-17-12(10(2)3)13(19)18(11)14-15(4,5)16(14,6)7/h10-12,14,17H,8-9H2,1-7H3. The first-order chi connectivity index (χ1) is 8.66. The molecule has 1 N–H and O–H groups in total. The first-order valence-corrected chi connectivity index (χ1v) is 7.74. The first-order valence-electron chi connectivity index (χ1n) is 7.74. The zero-order valence-electron chi connectivity index (χ0n) is 13.6. The maximum Gasteiger partial charge on any atom is 0.241 e. The Labute approximate surface area is 118 Å². The fourth-order valence-electron chi connectivity index (χ4n) is 3.81. The van der Waals surface area contributed by atoms with E-state index in [1.165, 1.54) is 0 Å². The second kappa shape index (κ2) is 4.47. The van der Waals surface area contributed by atoms with Gasteiger partial charge < -0.3 is 4.90 Å². The molecule has 1 aliphatic carbocycles. The number of nitrogens with one attached hydrogen (secondary N) is 1. The van der Waals surface area contributed by atoms with Gasteiger partial charge in [0.15, 0.2) is 0 Å². The molecular weight excluding hydrogens is 236 g/mol. The van der Waals surface area contributed by atoms with Gasteiger partial charge in [0, 0.05) is 6.04 Å². The first kappa shape index (κ1) is 14.8. The lowest BCUT2D eigenvalue weighted by Crippen LogP contribution is -2.41. The molecule has 1 amide bonds. The topological polar surface area (TPSA) is 32.3 Å². The molecular formula is C16H30N2O. The van der Waals surface area contributed by atoms with E-state index in [0.29, 0.717) is 17.9 Å². The molecule has 0 spiro atoms. The third kappa shape index (κ3) is 2.01. The van der Waals surface area contributed by atoms with E-state index in [4.69, 9.17) is 0 Å². The summed E-state index contributed by atoms with van der Waals surface area (Å²) in [6.07, 6.45) is 2.40. The number of rotatable bonds is 4. The van der Waals surface area contributed by atoms with Gasteiger partial charge in [0.25, 0.3) is 0 Å². The molecule has 2 atom stereocenters. The highest BCUT2D eigenvalue weighted by molar-refractivity contribution is 5.85. The number of carbonyl (C=O) groups excluding carboxylic acids is 1. The molecule has 0 bridgehead atoms. The molecule has 2 rings (SSSR count). The van der Waals surface area contributed by atoms with Crippen LogP contribution in [0.3, 0.4) is 0 Å². The quantitative estimate of drug-likeness (QED) is 0.848. The lowest BCUT2D eigenvalue weighted by Gasteiger charge is -2.26. The molecule has 1 saturated heterocycles. The zero-order valence-corrected chi connectivity index (χ0v) is 13.6. The number of carbonyl (C=O) groups is 1. The maximum atomic E-state index is 12.8. The second-order valence-corrected chi connectivity index (χ2v) is 7.78. The average molecular weight is 266 g/mol. The lowest BCUT2D eigenvalue weighted by molar-refractivity contribution is -0.132. The molecule has 0 radical (unpaired) electrons. The summed E-state index contributed by atoms with van der Waals surface area (Å²) < 4.78 is 0. The Morgan fingerprint density at radius 2 is 1.74 bits per heavy atom. The van der Waals surface area contributed by atoms with E-state index >= 15 is 0 Å². The molecule has 2 unspecified atom stereocenters. The monoisotopic (exact) mass is 266 g/mol. The van der Waals surface area contributed by atoms with Gasteiger partial charge in [-0.3, -0.25) is 10.1 Å². The minimum Gasteiger partial charge on any atom is -0.322 e. The lowest BCUT2D eigenvalue weighted by atomic mass is 10.0. The normalized spacial score (nSPS) is 33.3. The molecule has 2 aliphatic rings. The van der Waals surface area contributed by atoms with Crippen LogP contribution in [0.2, 0.25) is 0 Å². The van der Waals surface area contributed by atoms with Crippen LogP contribution in [0.4, 0.5) is 0 Å². The zero-order chi connectivity index (χ0) is 14.6. The van der Waals surface area contributed by atoms with Crippen molar-refractivity contribution in [2.24, 2.45) is 16.7 Å². The summed E-state index contributed by atoms with van der Waals surface area (Å²) in [6.45, 7) is 15.6. The van der Waals surface area contributed by atoms with E-state index in [1.807, 2.05) is 0 Å². The van der Waals surface area contributed by atoms with Crippen molar-refractivity contribution >= 4 is 5.91 Å². The van der Waals surface area contributed by atoms with E-state index < -0.39 is 0 Å². The van der Waals surface area contributed by atoms with Crippen LogP contribution in [0, 0.1) is 16.7 Å². The van der Waals surface area contributed by atoms with Crippen LogP contribution in [0.25, 0.3) is 0 Å². The van der Waals surface area contributed by atoms with Crippen LogP contribution in [0.5, 0.6) is 0 Å². The second-order valence-electron chi connectivity index (χ2n) is 7.78. The largest absolute Gasteiger partial charge is 0.322 e. The van der Waals surface area contributed by atoms with Gasteiger partial charge >= 0.3 is 0 Å². The van der Waals surface area contributed by atoms with Gasteiger partial charge in [-0.1, -0.05) is 54.9 Å². The molecule has 3 nitrogen and oxygen atoms in total. The van der Waals surface area contributed by atoms with Gasteiger partial charge in [-0.25, -0.2) is 0 Å². The summed E-state index contributed by atoms with van der Waals surface area (Å²) in [5.74, 6) is 0.680. The minimum absolute atomic E-state index is 0.00347. The van der Waals surface area contributed by atoms with Gasteiger partial charge in [-0.2, -0.15) is 0 Å². The van der Waals surface area contributed by atoms with Crippen LogP contribution < -0.4 is 5.32 Å². The number of hydrogen-bond acceptors (Lipinski definition) is 2. The molecule has 0 aromatic heterocycles. The fraction of sp³-hybridized carbons (Fsp3) is 0.938. The molecule has 1 saturated carbocycles. The fourth-order valence-corrected chi connectivity index (χ4v) is 3.81. The molecule has 0 aromatic rings. The van der Waals surface area contributed by atoms with Crippen molar-refractivity contribution in [1.82, 2.24) is 10.2 Å². The highest BCUT2D eigenvalue weighted by atomic mass is 16.2. The summed E-state index contributed by atoms with van der Waals surface area (Å²) in [6, 6.07) is 0.379. The third-order valence-corrected chi connectivity index (χ3v) is 5.68.